The summed E-state index contributed by atoms with van der Waals surface area (Å²) in [6.07, 6.45) is 0. The number of anilines is 2. The molecule has 0 unspecified atom stereocenters. The Labute approximate surface area is 91.9 Å². The maximum Gasteiger partial charge on any atom is 0.316 e. The van der Waals surface area contributed by atoms with Gasteiger partial charge in [-0.2, -0.15) is 0 Å². The van der Waals surface area contributed by atoms with Gasteiger partial charge in [0.05, 0.1) is 11.4 Å². The Morgan fingerprint density at radius 1 is 1.38 bits per heavy atom. The summed E-state index contributed by atoms with van der Waals surface area (Å²) in [4.78, 5) is 10.6. The van der Waals surface area contributed by atoms with Crippen molar-refractivity contribution in [1.29, 1.82) is 0 Å². The molecular weight excluding hydrogens is 302 g/mol. The Morgan fingerprint density at radius 3 is 2.46 bits per heavy atom. The molecule has 0 aromatic heterocycles. The molecule has 0 spiro atoms. The number of rotatable bonds is 1. The van der Waals surface area contributed by atoms with Gasteiger partial charge in [0, 0.05) is 8.95 Å². The average molecular weight is 309 g/mol. The predicted octanol–water partition coefficient (Wildman–Crippen LogP) is 2.28. The molecule has 0 aliphatic carbocycles. The summed E-state index contributed by atoms with van der Waals surface area (Å²) in [7, 11) is 0. The molecule has 1 aromatic carbocycles. The van der Waals surface area contributed by atoms with E-state index in [1.54, 1.807) is 12.1 Å². The lowest BCUT2D eigenvalue weighted by atomic mass is 10.3. The summed E-state index contributed by atoms with van der Waals surface area (Å²) in [5, 5.41) is 2.41. The van der Waals surface area contributed by atoms with Gasteiger partial charge in [0.2, 0.25) is 0 Å². The number of nitrogens with one attached hydrogen (secondary N) is 1. The molecular formula is C7H7Br2N3O. The van der Waals surface area contributed by atoms with Gasteiger partial charge >= 0.3 is 6.03 Å². The highest BCUT2D eigenvalue weighted by Crippen LogP contribution is 2.32. The minimum Gasteiger partial charge on any atom is -0.397 e. The molecule has 0 saturated carbocycles. The molecule has 0 radical (unpaired) electrons. The van der Waals surface area contributed by atoms with E-state index in [9.17, 15) is 4.79 Å². The summed E-state index contributed by atoms with van der Waals surface area (Å²) in [6.45, 7) is 0. The van der Waals surface area contributed by atoms with Gasteiger partial charge in [-0.1, -0.05) is 15.9 Å². The maximum absolute atomic E-state index is 10.6. The molecule has 1 aromatic rings. The van der Waals surface area contributed by atoms with Crippen LogP contribution in [0.2, 0.25) is 0 Å². The zero-order valence-electron chi connectivity index (χ0n) is 6.47. The van der Waals surface area contributed by atoms with Crippen LogP contribution in [0.1, 0.15) is 0 Å². The number of benzene rings is 1. The Hall–Kier alpha value is -0.750. The van der Waals surface area contributed by atoms with Crippen LogP contribution in [0, 0.1) is 0 Å². The molecule has 6 heteroatoms. The lowest BCUT2D eigenvalue weighted by molar-refractivity contribution is 0.259. The number of nitrogen functional groups attached to an aromatic ring is 1. The minimum absolute atomic E-state index is 0.444. The van der Waals surface area contributed by atoms with Gasteiger partial charge in [-0.3, -0.25) is 0 Å². The van der Waals surface area contributed by atoms with Crippen molar-refractivity contribution >= 4 is 49.3 Å². The first kappa shape index (κ1) is 10.3. The van der Waals surface area contributed by atoms with Crippen molar-refractivity contribution in [2.75, 3.05) is 11.1 Å². The van der Waals surface area contributed by atoms with Crippen LogP contribution in [-0.2, 0) is 0 Å². The van der Waals surface area contributed by atoms with Crippen LogP contribution < -0.4 is 16.8 Å². The third kappa shape index (κ3) is 2.60. The fourth-order valence-electron chi connectivity index (χ4n) is 0.849. The van der Waals surface area contributed by atoms with Crippen molar-refractivity contribution < 1.29 is 4.79 Å². The van der Waals surface area contributed by atoms with Crippen LogP contribution in [0.25, 0.3) is 0 Å². The zero-order valence-corrected chi connectivity index (χ0v) is 9.65. The predicted molar refractivity (Wildman–Crippen MR) is 59.5 cm³/mol. The molecule has 2 amide bonds. The number of nitrogens with two attached hydrogens (primary N) is 2. The third-order valence-electron chi connectivity index (χ3n) is 1.33. The van der Waals surface area contributed by atoms with Gasteiger partial charge in [0.25, 0.3) is 0 Å². The van der Waals surface area contributed by atoms with E-state index in [1.165, 1.54) is 0 Å². The SMILES string of the molecule is NC(=O)Nc1c(N)cc(Br)cc1Br. The number of urea groups is 1. The number of halogens is 2. The highest BCUT2D eigenvalue weighted by molar-refractivity contribution is 9.11. The van der Waals surface area contributed by atoms with Crippen LogP contribution >= 0.6 is 31.9 Å². The molecule has 0 bridgehead atoms. The van der Waals surface area contributed by atoms with E-state index in [4.69, 9.17) is 11.5 Å². The second-order valence-corrected chi connectivity index (χ2v) is 4.11. The number of hydrogen-bond acceptors (Lipinski definition) is 2. The van der Waals surface area contributed by atoms with E-state index in [1.807, 2.05) is 0 Å². The molecule has 70 valence electrons. The molecule has 0 aliphatic rings. The number of primary amides is 1. The van der Waals surface area contributed by atoms with Crippen molar-refractivity contribution in [2.24, 2.45) is 5.73 Å². The van der Waals surface area contributed by atoms with Crippen molar-refractivity contribution in [1.82, 2.24) is 0 Å². The van der Waals surface area contributed by atoms with Crippen molar-refractivity contribution in [3.05, 3.63) is 21.1 Å². The molecule has 0 heterocycles. The zero-order chi connectivity index (χ0) is 10.0. The first-order valence-electron chi connectivity index (χ1n) is 3.31. The fourth-order valence-corrected chi connectivity index (χ4v) is 2.21. The first-order valence-corrected chi connectivity index (χ1v) is 4.90. The van der Waals surface area contributed by atoms with Crippen LogP contribution in [0.3, 0.4) is 0 Å². The van der Waals surface area contributed by atoms with E-state index in [0.29, 0.717) is 15.8 Å². The van der Waals surface area contributed by atoms with Gasteiger partial charge in [-0.25, -0.2) is 4.79 Å². The van der Waals surface area contributed by atoms with E-state index in [-0.39, 0.29) is 0 Å². The van der Waals surface area contributed by atoms with Crippen LogP contribution in [0.15, 0.2) is 21.1 Å². The normalized spacial score (nSPS) is 9.69. The van der Waals surface area contributed by atoms with E-state index in [2.05, 4.69) is 37.2 Å². The average Bonchev–Trinajstić information content (AvgIpc) is 1.96. The summed E-state index contributed by atoms with van der Waals surface area (Å²) in [5.74, 6) is 0. The summed E-state index contributed by atoms with van der Waals surface area (Å²) >= 11 is 6.51. The Bertz CT molecular complexity index is 331. The molecule has 5 N–H and O–H groups in total. The molecule has 13 heavy (non-hydrogen) atoms. The third-order valence-corrected chi connectivity index (χ3v) is 2.42. The second-order valence-electron chi connectivity index (χ2n) is 2.34. The number of amides is 2. The van der Waals surface area contributed by atoms with E-state index >= 15 is 0 Å². The lowest BCUT2D eigenvalue weighted by Gasteiger charge is -2.08. The molecule has 0 fully saturated rings. The number of hydrogen-bond donors (Lipinski definition) is 3. The van der Waals surface area contributed by atoms with Crippen molar-refractivity contribution in [3.8, 4) is 0 Å². The fraction of sp³-hybridized carbons (Fsp3) is 0. The van der Waals surface area contributed by atoms with Gasteiger partial charge in [-0.15, -0.1) is 0 Å². The topological polar surface area (TPSA) is 81.1 Å². The molecule has 0 atom stereocenters. The van der Waals surface area contributed by atoms with Gasteiger partial charge < -0.3 is 16.8 Å². The molecule has 4 nitrogen and oxygen atoms in total. The van der Waals surface area contributed by atoms with Crippen molar-refractivity contribution in [3.63, 3.8) is 0 Å². The maximum atomic E-state index is 10.6. The first-order chi connectivity index (χ1) is 6.00. The quantitative estimate of drug-likeness (QED) is 0.696. The highest BCUT2D eigenvalue weighted by atomic mass is 79.9. The monoisotopic (exact) mass is 307 g/mol. The highest BCUT2D eigenvalue weighted by Gasteiger charge is 2.07. The Morgan fingerprint density at radius 2 is 2.00 bits per heavy atom. The number of carbonyl (C=O) groups is 1. The van der Waals surface area contributed by atoms with Gasteiger partial charge in [0.1, 0.15) is 0 Å². The van der Waals surface area contributed by atoms with Crippen LogP contribution in [0.4, 0.5) is 16.2 Å². The summed E-state index contributed by atoms with van der Waals surface area (Å²) < 4.78 is 1.50. The summed E-state index contributed by atoms with van der Waals surface area (Å²) in [5.41, 5.74) is 11.5. The lowest BCUT2D eigenvalue weighted by Crippen LogP contribution is -2.20. The van der Waals surface area contributed by atoms with E-state index < -0.39 is 6.03 Å². The standard InChI is InChI=1S/C7H7Br2N3O/c8-3-1-4(9)6(5(10)2-3)12-7(11)13/h1-2H,10H2,(H3,11,12,13). The van der Waals surface area contributed by atoms with Gasteiger partial charge in [-0.05, 0) is 28.1 Å². The molecule has 1 rings (SSSR count). The second kappa shape index (κ2) is 3.97. The number of carbonyl (C=O) groups excluding carboxylic acids is 1. The van der Waals surface area contributed by atoms with Gasteiger partial charge in [0.15, 0.2) is 0 Å². The smallest absolute Gasteiger partial charge is 0.316 e. The van der Waals surface area contributed by atoms with E-state index in [0.717, 1.165) is 4.47 Å². The van der Waals surface area contributed by atoms with Crippen LogP contribution in [-0.4, -0.2) is 6.03 Å². The minimum atomic E-state index is -0.644. The van der Waals surface area contributed by atoms with Crippen molar-refractivity contribution in [2.45, 2.75) is 0 Å². The Balaban J connectivity index is 3.13. The molecule has 0 aliphatic heterocycles. The summed E-state index contributed by atoms with van der Waals surface area (Å²) in [6, 6.07) is 2.80. The Kier molecular flexibility index (Phi) is 3.16. The largest absolute Gasteiger partial charge is 0.397 e. The van der Waals surface area contributed by atoms with Crippen LogP contribution in [0.5, 0.6) is 0 Å². The molecule has 0 saturated heterocycles.